The Kier molecular flexibility index (Phi) is 1.07. The lowest BCUT2D eigenvalue weighted by Gasteiger charge is -2.06. The van der Waals surface area contributed by atoms with E-state index in [1.165, 1.54) is 0 Å². The summed E-state index contributed by atoms with van der Waals surface area (Å²) >= 11 is 0. The number of fused-ring (bicyclic) bond motifs is 2. The molecule has 1 fully saturated rings. The third-order valence-corrected chi connectivity index (χ3v) is 2.37. The van der Waals surface area contributed by atoms with Crippen molar-refractivity contribution in [1.82, 2.24) is 0 Å². The first-order valence-corrected chi connectivity index (χ1v) is 3.65. The van der Waals surface area contributed by atoms with Crippen LogP contribution in [-0.4, -0.2) is 17.7 Å². The van der Waals surface area contributed by atoms with E-state index in [1.807, 2.05) is 0 Å². The molecule has 2 N–H and O–H groups in total. The topological polar surface area (TPSA) is 55.5 Å². The van der Waals surface area contributed by atoms with E-state index in [1.54, 1.807) is 0 Å². The van der Waals surface area contributed by atoms with Crippen molar-refractivity contribution in [2.45, 2.75) is 25.3 Å². The van der Waals surface area contributed by atoms with Gasteiger partial charge in [0.25, 0.3) is 5.91 Å². The number of carbonyl (C=O) groups excluding carboxylic acids is 1. The number of hydrogen-bond donors (Lipinski definition) is 1. The minimum atomic E-state index is -0.313. The molecule has 2 aliphatic rings. The Morgan fingerprint density at radius 1 is 1.60 bits per heavy atom. The van der Waals surface area contributed by atoms with Crippen molar-refractivity contribution in [2.24, 2.45) is 16.6 Å². The van der Waals surface area contributed by atoms with E-state index in [4.69, 9.17) is 5.73 Å². The van der Waals surface area contributed by atoms with Crippen LogP contribution >= 0.6 is 0 Å². The number of aliphatic imine (C=N–C) groups is 1. The average molecular weight is 138 g/mol. The normalized spacial score (nSPS) is 36.2. The fraction of sp³-hybridized carbons (Fsp3) is 0.714. The molecule has 1 aliphatic carbocycles. The van der Waals surface area contributed by atoms with Crippen LogP contribution in [-0.2, 0) is 4.79 Å². The smallest absolute Gasteiger partial charge is 0.262 e. The molecule has 54 valence electrons. The zero-order valence-corrected chi connectivity index (χ0v) is 5.71. The Bertz CT molecular complexity index is 210. The highest BCUT2D eigenvalue weighted by molar-refractivity contribution is 6.39. The van der Waals surface area contributed by atoms with Crippen LogP contribution in [0.15, 0.2) is 4.99 Å². The van der Waals surface area contributed by atoms with Gasteiger partial charge in [-0.1, -0.05) is 0 Å². The van der Waals surface area contributed by atoms with Crippen LogP contribution in [0.5, 0.6) is 0 Å². The Balaban J connectivity index is 2.25. The van der Waals surface area contributed by atoms with Crippen LogP contribution in [0.3, 0.4) is 0 Å². The Labute approximate surface area is 59.3 Å². The van der Waals surface area contributed by atoms with E-state index in [0.717, 1.165) is 19.3 Å². The summed E-state index contributed by atoms with van der Waals surface area (Å²) in [6.45, 7) is 0. The van der Waals surface area contributed by atoms with Crippen molar-refractivity contribution < 1.29 is 4.79 Å². The maximum absolute atomic E-state index is 10.7. The molecule has 1 saturated carbocycles. The molecule has 0 aromatic heterocycles. The van der Waals surface area contributed by atoms with Gasteiger partial charge in [-0.05, 0) is 19.3 Å². The fourth-order valence-electron chi connectivity index (χ4n) is 1.89. The van der Waals surface area contributed by atoms with Gasteiger partial charge in [-0.3, -0.25) is 9.79 Å². The number of rotatable bonds is 1. The van der Waals surface area contributed by atoms with E-state index < -0.39 is 0 Å². The number of carbonyl (C=O) groups is 1. The molecule has 1 heterocycles. The van der Waals surface area contributed by atoms with Crippen molar-refractivity contribution in [2.75, 3.05) is 0 Å². The molecule has 0 saturated heterocycles. The van der Waals surface area contributed by atoms with Crippen molar-refractivity contribution in [1.29, 1.82) is 0 Å². The van der Waals surface area contributed by atoms with Gasteiger partial charge in [0.1, 0.15) is 5.71 Å². The molecular weight excluding hydrogens is 128 g/mol. The second kappa shape index (κ2) is 1.81. The molecule has 1 aliphatic heterocycles. The molecule has 2 atom stereocenters. The zero-order valence-electron chi connectivity index (χ0n) is 5.71. The number of nitrogens with two attached hydrogens (primary N) is 1. The lowest BCUT2D eigenvalue weighted by atomic mass is 10.0. The Hall–Kier alpha value is -0.860. The molecule has 1 amide bonds. The summed E-state index contributed by atoms with van der Waals surface area (Å²) in [7, 11) is 0. The number of hydrogen-bond acceptors (Lipinski definition) is 2. The van der Waals surface area contributed by atoms with Crippen molar-refractivity contribution in [3.63, 3.8) is 0 Å². The van der Waals surface area contributed by atoms with Crippen LogP contribution in [0, 0.1) is 5.92 Å². The summed E-state index contributed by atoms with van der Waals surface area (Å²) in [5, 5.41) is 0. The van der Waals surface area contributed by atoms with Gasteiger partial charge < -0.3 is 5.73 Å². The maximum atomic E-state index is 10.7. The molecule has 2 rings (SSSR count). The standard InChI is InChI=1S/C7H10N2O/c8-7(10)6-4-1-2-5(3-4)9-6/h4-5H,1-3H2,(H2,8,10)/t4?,5-/m1/s1. The maximum Gasteiger partial charge on any atom is 0.262 e. The molecule has 1 unspecified atom stereocenters. The highest BCUT2D eigenvalue weighted by Gasteiger charge is 2.36. The van der Waals surface area contributed by atoms with Crippen LogP contribution in [0.2, 0.25) is 0 Å². The summed E-state index contributed by atoms with van der Waals surface area (Å²) in [5.41, 5.74) is 5.76. The molecule has 0 aromatic carbocycles. The average Bonchev–Trinajstić information content (AvgIpc) is 2.44. The minimum Gasteiger partial charge on any atom is -0.365 e. The van der Waals surface area contributed by atoms with Gasteiger partial charge in [0, 0.05) is 5.92 Å². The molecule has 3 heteroatoms. The summed E-state index contributed by atoms with van der Waals surface area (Å²) < 4.78 is 0. The third-order valence-electron chi connectivity index (χ3n) is 2.37. The number of nitrogens with zero attached hydrogens (tertiary/aromatic N) is 1. The van der Waals surface area contributed by atoms with Crippen LogP contribution in [0.25, 0.3) is 0 Å². The third kappa shape index (κ3) is 0.664. The van der Waals surface area contributed by atoms with Crippen molar-refractivity contribution in [3.8, 4) is 0 Å². The van der Waals surface area contributed by atoms with Crippen molar-refractivity contribution in [3.05, 3.63) is 0 Å². The summed E-state index contributed by atoms with van der Waals surface area (Å²) in [4.78, 5) is 14.9. The first-order chi connectivity index (χ1) is 4.77. The van der Waals surface area contributed by atoms with E-state index in [0.29, 0.717) is 17.7 Å². The fourth-order valence-corrected chi connectivity index (χ4v) is 1.89. The molecule has 10 heavy (non-hydrogen) atoms. The van der Waals surface area contributed by atoms with E-state index in [9.17, 15) is 4.79 Å². The van der Waals surface area contributed by atoms with Crippen molar-refractivity contribution >= 4 is 11.6 Å². The van der Waals surface area contributed by atoms with Gasteiger partial charge in [-0.15, -0.1) is 0 Å². The quantitative estimate of drug-likeness (QED) is 0.548. The second-order valence-electron chi connectivity index (χ2n) is 3.04. The highest BCUT2D eigenvalue weighted by atomic mass is 16.1. The van der Waals surface area contributed by atoms with Crippen LogP contribution < -0.4 is 5.73 Å². The lowest BCUT2D eigenvalue weighted by molar-refractivity contribution is -0.112. The Morgan fingerprint density at radius 3 is 2.70 bits per heavy atom. The van der Waals surface area contributed by atoms with Crippen LogP contribution in [0.4, 0.5) is 0 Å². The zero-order chi connectivity index (χ0) is 7.14. The van der Waals surface area contributed by atoms with Gasteiger partial charge in [-0.25, -0.2) is 0 Å². The molecule has 0 aromatic rings. The van der Waals surface area contributed by atoms with Crippen LogP contribution in [0.1, 0.15) is 19.3 Å². The summed E-state index contributed by atoms with van der Waals surface area (Å²) in [6, 6.07) is 0.424. The minimum absolute atomic E-state index is 0.313. The lowest BCUT2D eigenvalue weighted by Crippen LogP contribution is -2.27. The van der Waals surface area contributed by atoms with Gasteiger partial charge in [0.05, 0.1) is 6.04 Å². The predicted octanol–water partition coefficient (Wildman–Crippen LogP) is 0.0950. The predicted molar refractivity (Wildman–Crippen MR) is 37.8 cm³/mol. The van der Waals surface area contributed by atoms with Gasteiger partial charge in [-0.2, -0.15) is 0 Å². The van der Waals surface area contributed by atoms with E-state index in [-0.39, 0.29) is 5.91 Å². The largest absolute Gasteiger partial charge is 0.365 e. The molecule has 0 radical (unpaired) electrons. The summed E-state index contributed by atoms with van der Waals surface area (Å²) in [6.07, 6.45) is 3.34. The highest BCUT2D eigenvalue weighted by Crippen LogP contribution is 2.35. The van der Waals surface area contributed by atoms with E-state index in [2.05, 4.69) is 4.99 Å². The second-order valence-corrected chi connectivity index (χ2v) is 3.04. The monoisotopic (exact) mass is 138 g/mol. The Morgan fingerprint density at radius 2 is 2.40 bits per heavy atom. The number of amides is 1. The van der Waals surface area contributed by atoms with Gasteiger partial charge in [0.15, 0.2) is 0 Å². The molecule has 3 nitrogen and oxygen atoms in total. The first kappa shape index (κ1) is 5.89. The SMILES string of the molecule is NC(=O)C1=N[C@@H]2CCC1C2. The van der Waals surface area contributed by atoms with Gasteiger partial charge >= 0.3 is 0 Å². The summed E-state index contributed by atoms with van der Waals surface area (Å²) in [5.74, 6) is 0.0923. The molecule has 0 spiro atoms. The molecule has 2 bridgehead atoms. The number of primary amides is 1. The van der Waals surface area contributed by atoms with Gasteiger partial charge in [0.2, 0.25) is 0 Å². The first-order valence-electron chi connectivity index (χ1n) is 3.65. The molecular formula is C7H10N2O. The van der Waals surface area contributed by atoms with E-state index >= 15 is 0 Å².